The summed E-state index contributed by atoms with van der Waals surface area (Å²) in [6, 6.07) is -0.209. The Kier molecular flexibility index (Phi) is 5.71. The van der Waals surface area contributed by atoms with E-state index in [0.29, 0.717) is 13.1 Å². The molecule has 20 heavy (non-hydrogen) atoms. The molecule has 6 nitrogen and oxygen atoms in total. The molecule has 0 aliphatic heterocycles. The van der Waals surface area contributed by atoms with Crippen LogP contribution in [0, 0.1) is 13.8 Å². The van der Waals surface area contributed by atoms with Crippen LogP contribution in [-0.4, -0.2) is 63.9 Å². The van der Waals surface area contributed by atoms with Gasteiger partial charge in [-0.15, -0.1) is 0 Å². The SMILES string of the molecule is Cc1nn(C)c(C)c1CN(CCO)C(=O)[C@H](C)N(C)C. The highest BCUT2D eigenvalue weighted by Crippen LogP contribution is 2.15. The molecule has 0 radical (unpaired) electrons. The molecular formula is C14H26N4O2. The van der Waals surface area contributed by atoms with Gasteiger partial charge in [-0.05, 0) is 34.9 Å². The minimum atomic E-state index is -0.209. The van der Waals surface area contributed by atoms with Gasteiger partial charge in [0.25, 0.3) is 0 Å². The summed E-state index contributed by atoms with van der Waals surface area (Å²) in [5.74, 6) is 0.0201. The minimum absolute atomic E-state index is 0.0201. The van der Waals surface area contributed by atoms with Gasteiger partial charge in [-0.1, -0.05) is 0 Å². The molecule has 0 fully saturated rings. The van der Waals surface area contributed by atoms with Crippen molar-refractivity contribution in [1.29, 1.82) is 0 Å². The summed E-state index contributed by atoms with van der Waals surface area (Å²) >= 11 is 0. The topological polar surface area (TPSA) is 61.6 Å². The zero-order valence-electron chi connectivity index (χ0n) is 13.3. The van der Waals surface area contributed by atoms with E-state index in [9.17, 15) is 9.90 Å². The van der Waals surface area contributed by atoms with Crippen molar-refractivity contribution in [2.75, 3.05) is 27.2 Å². The molecule has 1 atom stereocenters. The van der Waals surface area contributed by atoms with E-state index in [0.717, 1.165) is 17.0 Å². The van der Waals surface area contributed by atoms with E-state index in [2.05, 4.69) is 5.10 Å². The van der Waals surface area contributed by atoms with Crippen molar-refractivity contribution in [3.63, 3.8) is 0 Å². The van der Waals surface area contributed by atoms with E-state index in [1.165, 1.54) is 0 Å². The number of aryl methyl sites for hydroxylation is 2. The summed E-state index contributed by atoms with van der Waals surface area (Å²) in [5.41, 5.74) is 3.04. The maximum atomic E-state index is 12.5. The van der Waals surface area contributed by atoms with Crippen LogP contribution in [0.4, 0.5) is 0 Å². The second-order valence-electron chi connectivity index (χ2n) is 5.40. The summed E-state index contributed by atoms with van der Waals surface area (Å²) in [6.07, 6.45) is 0. The highest BCUT2D eigenvalue weighted by Gasteiger charge is 2.23. The zero-order chi connectivity index (χ0) is 15.4. The van der Waals surface area contributed by atoms with Crippen molar-refractivity contribution in [3.8, 4) is 0 Å². The van der Waals surface area contributed by atoms with E-state index < -0.39 is 0 Å². The smallest absolute Gasteiger partial charge is 0.240 e. The number of carbonyl (C=O) groups excluding carboxylic acids is 1. The Bertz CT molecular complexity index is 468. The lowest BCUT2D eigenvalue weighted by molar-refractivity contribution is -0.136. The molecule has 0 spiro atoms. The van der Waals surface area contributed by atoms with Crippen molar-refractivity contribution >= 4 is 5.91 Å². The fourth-order valence-electron chi connectivity index (χ4n) is 2.11. The zero-order valence-corrected chi connectivity index (χ0v) is 13.3. The first-order valence-corrected chi connectivity index (χ1v) is 6.84. The quantitative estimate of drug-likeness (QED) is 0.815. The van der Waals surface area contributed by atoms with Crippen molar-refractivity contribution in [1.82, 2.24) is 19.6 Å². The van der Waals surface area contributed by atoms with E-state index >= 15 is 0 Å². The molecule has 6 heteroatoms. The number of nitrogens with zero attached hydrogens (tertiary/aromatic N) is 4. The first kappa shape index (κ1) is 16.7. The standard InChI is InChI=1S/C14H26N4O2/c1-10-13(11(2)17(6)15-10)9-18(7-8-19)14(20)12(3)16(4)5/h12,19H,7-9H2,1-6H3/t12-/m0/s1. The van der Waals surface area contributed by atoms with E-state index in [-0.39, 0.29) is 18.6 Å². The van der Waals surface area contributed by atoms with Gasteiger partial charge >= 0.3 is 0 Å². The average Bonchev–Trinajstić information content (AvgIpc) is 2.62. The number of carbonyl (C=O) groups is 1. The van der Waals surface area contributed by atoms with Gasteiger partial charge < -0.3 is 10.0 Å². The minimum Gasteiger partial charge on any atom is -0.395 e. The molecule has 1 rings (SSSR count). The Morgan fingerprint density at radius 1 is 1.40 bits per heavy atom. The van der Waals surface area contributed by atoms with Gasteiger partial charge in [0.05, 0.1) is 18.3 Å². The molecule has 0 aliphatic carbocycles. The van der Waals surface area contributed by atoms with Crippen LogP contribution in [0.25, 0.3) is 0 Å². The first-order chi connectivity index (χ1) is 9.29. The number of aliphatic hydroxyl groups excluding tert-OH is 1. The lowest BCUT2D eigenvalue weighted by Gasteiger charge is -2.28. The molecular weight excluding hydrogens is 256 g/mol. The molecule has 0 unspecified atom stereocenters. The van der Waals surface area contributed by atoms with Crippen LogP contribution in [0.15, 0.2) is 0 Å². The Morgan fingerprint density at radius 2 is 2.00 bits per heavy atom. The summed E-state index contributed by atoms with van der Waals surface area (Å²) in [5, 5.41) is 13.6. The van der Waals surface area contributed by atoms with E-state index in [1.807, 2.05) is 51.5 Å². The predicted molar refractivity (Wildman–Crippen MR) is 78.3 cm³/mol. The molecule has 1 aromatic rings. The van der Waals surface area contributed by atoms with Gasteiger partial charge in [-0.3, -0.25) is 14.4 Å². The van der Waals surface area contributed by atoms with Crippen LogP contribution in [0.2, 0.25) is 0 Å². The van der Waals surface area contributed by atoms with Gasteiger partial charge in [0.1, 0.15) is 0 Å². The third kappa shape index (κ3) is 3.58. The Morgan fingerprint density at radius 3 is 2.40 bits per heavy atom. The normalized spacial score (nSPS) is 12.8. The lowest BCUT2D eigenvalue weighted by atomic mass is 10.1. The fraction of sp³-hybridized carbons (Fsp3) is 0.714. The fourth-order valence-corrected chi connectivity index (χ4v) is 2.11. The Labute approximate surface area is 121 Å². The highest BCUT2D eigenvalue weighted by atomic mass is 16.3. The summed E-state index contributed by atoms with van der Waals surface area (Å²) in [6.45, 7) is 6.60. The van der Waals surface area contributed by atoms with Gasteiger partial charge in [-0.2, -0.15) is 5.10 Å². The number of hydrogen-bond acceptors (Lipinski definition) is 4. The lowest BCUT2D eigenvalue weighted by Crippen LogP contribution is -2.45. The summed E-state index contributed by atoms with van der Waals surface area (Å²) < 4.78 is 1.82. The molecule has 0 aromatic carbocycles. The van der Waals surface area contributed by atoms with Crippen LogP contribution in [0.3, 0.4) is 0 Å². The summed E-state index contributed by atoms with van der Waals surface area (Å²) in [4.78, 5) is 16.0. The van der Waals surface area contributed by atoms with Crippen LogP contribution >= 0.6 is 0 Å². The van der Waals surface area contributed by atoms with Crippen molar-refractivity contribution < 1.29 is 9.90 Å². The van der Waals surface area contributed by atoms with Gasteiger partial charge in [0.2, 0.25) is 5.91 Å². The Balaban J connectivity index is 2.95. The van der Waals surface area contributed by atoms with Crippen molar-refractivity contribution in [2.45, 2.75) is 33.4 Å². The number of hydrogen-bond donors (Lipinski definition) is 1. The van der Waals surface area contributed by atoms with E-state index in [4.69, 9.17) is 0 Å². The third-order valence-electron chi connectivity index (χ3n) is 3.82. The molecule has 1 heterocycles. The van der Waals surface area contributed by atoms with Gasteiger partial charge in [0.15, 0.2) is 0 Å². The predicted octanol–water partition coefficient (Wildman–Crippen LogP) is 0.308. The second kappa shape index (κ2) is 6.85. The third-order valence-corrected chi connectivity index (χ3v) is 3.82. The van der Waals surface area contributed by atoms with Crippen LogP contribution in [-0.2, 0) is 18.4 Å². The second-order valence-corrected chi connectivity index (χ2v) is 5.40. The maximum Gasteiger partial charge on any atom is 0.240 e. The molecule has 0 saturated heterocycles. The van der Waals surface area contributed by atoms with Crippen LogP contribution in [0.5, 0.6) is 0 Å². The molecule has 0 aliphatic rings. The monoisotopic (exact) mass is 282 g/mol. The molecule has 0 saturated carbocycles. The molecule has 1 N–H and O–H groups in total. The number of amides is 1. The largest absolute Gasteiger partial charge is 0.395 e. The molecule has 1 amide bonds. The molecule has 1 aromatic heterocycles. The first-order valence-electron chi connectivity index (χ1n) is 6.84. The summed E-state index contributed by atoms with van der Waals surface area (Å²) in [7, 11) is 5.65. The Hall–Kier alpha value is -1.40. The van der Waals surface area contributed by atoms with Crippen LogP contribution in [0.1, 0.15) is 23.9 Å². The average molecular weight is 282 g/mol. The number of aromatic nitrogens is 2. The van der Waals surface area contributed by atoms with Gasteiger partial charge in [0, 0.05) is 31.4 Å². The van der Waals surface area contributed by atoms with Crippen molar-refractivity contribution in [2.24, 2.45) is 7.05 Å². The highest BCUT2D eigenvalue weighted by molar-refractivity contribution is 5.81. The van der Waals surface area contributed by atoms with Crippen molar-refractivity contribution in [3.05, 3.63) is 17.0 Å². The number of likely N-dealkylation sites (N-methyl/N-ethyl adjacent to an activating group) is 1. The number of rotatable bonds is 6. The number of aliphatic hydroxyl groups is 1. The van der Waals surface area contributed by atoms with Crippen LogP contribution < -0.4 is 0 Å². The van der Waals surface area contributed by atoms with Gasteiger partial charge in [-0.25, -0.2) is 0 Å². The molecule has 114 valence electrons. The molecule has 0 bridgehead atoms. The van der Waals surface area contributed by atoms with E-state index in [1.54, 1.807) is 4.90 Å². The maximum absolute atomic E-state index is 12.5.